The van der Waals surface area contributed by atoms with Crippen LogP contribution in [0.1, 0.15) is 6.42 Å². The van der Waals surface area contributed by atoms with Crippen LogP contribution in [-0.4, -0.2) is 44.1 Å². The van der Waals surface area contributed by atoms with Crippen molar-refractivity contribution in [3.8, 4) is 17.2 Å². The predicted molar refractivity (Wildman–Crippen MR) is 75.6 cm³/mol. The zero-order chi connectivity index (χ0) is 17.2. The van der Waals surface area contributed by atoms with Crippen LogP contribution in [0.15, 0.2) is 18.2 Å². The number of hydrogen-bond acceptors (Lipinski definition) is 6. The van der Waals surface area contributed by atoms with Crippen molar-refractivity contribution < 1.29 is 32.2 Å². The van der Waals surface area contributed by atoms with E-state index in [2.05, 4.69) is 10.9 Å². The molecule has 2 atom stereocenters. The topological polar surface area (TPSA) is 80.9 Å². The zero-order valence-corrected chi connectivity index (χ0v) is 12.5. The van der Waals surface area contributed by atoms with Crippen molar-refractivity contribution in [2.24, 2.45) is 0 Å². The number of amides is 1. The highest BCUT2D eigenvalue weighted by Gasteiger charge is 2.33. The van der Waals surface area contributed by atoms with E-state index in [4.69, 9.17) is 14.2 Å². The van der Waals surface area contributed by atoms with E-state index in [1.165, 1.54) is 0 Å². The number of fused-ring (bicyclic) bond motifs is 1. The summed E-state index contributed by atoms with van der Waals surface area (Å²) in [6.45, 7) is -0.931. The molecule has 3 N–H and O–H groups in total. The predicted octanol–water partition coefficient (Wildman–Crippen LogP) is 0.708. The minimum atomic E-state index is -4.43. The Morgan fingerprint density at radius 1 is 1.29 bits per heavy atom. The van der Waals surface area contributed by atoms with Crippen molar-refractivity contribution in [1.82, 2.24) is 16.2 Å². The van der Waals surface area contributed by atoms with Gasteiger partial charge in [-0.3, -0.25) is 10.2 Å². The number of hydrazine groups is 1. The fraction of sp³-hybridized carbons (Fsp3) is 0.500. The minimum absolute atomic E-state index is 0.168. The van der Waals surface area contributed by atoms with Crippen LogP contribution >= 0.6 is 0 Å². The maximum absolute atomic E-state index is 12.1. The molecule has 1 fully saturated rings. The standard InChI is InChI=1S/C14H16F3N3O4/c15-14(16,17)6-18-13(21)10-3-8(19-20-10)5-22-9-1-2-11-12(4-9)24-7-23-11/h1-2,4,8,10,19-20H,3,5-7H2,(H,18,21). The van der Waals surface area contributed by atoms with Gasteiger partial charge in [0.15, 0.2) is 11.5 Å². The first-order valence-corrected chi connectivity index (χ1v) is 7.29. The first-order valence-electron chi connectivity index (χ1n) is 7.29. The maximum Gasteiger partial charge on any atom is 0.405 e. The first kappa shape index (κ1) is 16.7. The lowest BCUT2D eigenvalue weighted by Crippen LogP contribution is -2.46. The highest BCUT2D eigenvalue weighted by molar-refractivity contribution is 5.82. The lowest BCUT2D eigenvalue weighted by atomic mass is 10.1. The average molecular weight is 347 g/mol. The molecule has 2 heterocycles. The second kappa shape index (κ2) is 6.73. The van der Waals surface area contributed by atoms with E-state index < -0.39 is 24.7 Å². The van der Waals surface area contributed by atoms with Gasteiger partial charge in [-0.05, 0) is 18.6 Å². The minimum Gasteiger partial charge on any atom is -0.492 e. The Bertz CT molecular complexity index is 611. The van der Waals surface area contributed by atoms with Gasteiger partial charge in [0.2, 0.25) is 12.7 Å². The van der Waals surface area contributed by atoms with Gasteiger partial charge >= 0.3 is 6.18 Å². The molecule has 132 valence electrons. The number of carbonyl (C=O) groups is 1. The van der Waals surface area contributed by atoms with Crippen LogP contribution < -0.4 is 30.4 Å². The van der Waals surface area contributed by atoms with E-state index in [0.717, 1.165) is 0 Å². The summed E-state index contributed by atoms with van der Waals surface area (Å²) in [5.41, 5.74) is 5.50. The van der Waals surface area contributed by atoms with Gasteiger partial charge in [0, 0.05) is 6.07 Å². The normalized spacial score (nSPS) is 22.5. The SMILES string of the molecule is O=C(NCC(F)(F)F)C1CC(COc2ccc3c(c2)OCO3)NN1. The van der Waals surface area contributed by atoms with Gasteiger partial charge in [0.1, 0.15) is 24.9 Å². The molecule has 1 aromatic carbocycles. The maximum atomic E-state index is 12.1. The first-order chi connectivity index (χ1) is 11.4. The van der Waals surface area contributed by atoms with Crippen LogP contribution in [0.4, 0.5) is 13.2 Å². The summed E-state index contributed by atoms with van der Waals surface area (Å²) in [7, 11) is 0. The Hall–Kier alpha value is -2.20. The van der Waals surface area contributed by atoms with Crippen molar-refractivity contribution in [1.29, 1.82) is 0 Å². The zero-order valence-electron chi connectivity index (χ0n) is 12.5. The molecule has 3 rings (SSSR count). The molecule has 0 bridgehead atoms. The van der Waals surface area contributed by atoms with E-state index in [1.807, 2.05) is 5.32 Å². The van der Waals surface area contributed by atoms with E-state index in [0.29, 0.717) is 23.7 Å². The molecular weight excluding hydrogens is 331 g/mol. The summed E-state index contributed by atoms with van der Waals surface area (Å²) >= 11 is 0. The Morgan fingerprint density at radius 2 is 2.08 bits per heavy atom. The summed E-state index contributed by atoms with van der Waals surface area (Å²) in [4.78, 5) is 11.7. The summed E-state index contributed by atoms with van der Waals surface area (Å²) in [6.07, 6.45) is -4.11. The van der Waals surface area contributed by atoms with E-state index in [-0.39, 0.29) is 19.4 Å². The lowest BCUT2D eigenvalue weighted by molar-refractivity contribution is -0.139. The Morgan fingerprint density at radius 3 is 2.88 bits per heavy atom. The van der Waals surface area contributed by atoms with Gasteiger partial charge in [-0.15, -0.1) is 0 Å². The number of halogens is 3. The van der Waals surface area contributed by atoms with Crippen molar-refractivity contribution in [3.63, 3.8) is 0 Å². The van der Waals surface area contributed by atoms with Crippen LogP contribution in [-0.2, 0) is 4.79 Å². The third kappa shape index (κ3) is 4.20. The summed E-state index contributed by atoms with van der Waals surface area (Å²) in [5.74, 6) is 1.11. The van der Waals surface area contributed by atoms with E-state index in [9.17, 15) is 18.0 Å². The van der Waals surface area contributed by atoms with Gasteiger partial charge in [0.05, 0.1) is 6.04 Å². The molecule has 24 heavy (non-hydrogen) atoms. The highest BCUT2D eigenvalue weighted by atomic mass is 19.4. The number of rotatable bonds is 5. The molecule has 2 aliphatic heterocycles. The van der Waals surface area contributed by atoms with Gasteiger partial charge in [-0.1, -0.05) is 0 Å². The fourth-order valence-corrected chi connectivity index (χ4v) is 2.38. The summed E-state index contributed by atoms with van der Waals surface area (Å²) in [5, 5.41) is 1.85. The lowest BCUT2D eigenvalue weighted by Gasteiger charge is -2.12. The van der Waals surface area contributed by atoms with Gasteiger partial charge < -0.3 is 19.5 Å². The Labute approximate surface area is 135 Å². The monoisotopic (exact) mass is 347 g/mol. The van der Waals surface area contributed by atoms with Crippen molar-refractivity contribution in [2.45, 2.75) is 24.7 Å². The highest BCUT2D eigenvalue weighted by Crippen LogP contribution is 2.35. The second-order valence-corrected chi connectivity index (χ2v) is 5.43. The molecule has 1 saturated heterocycles. The van der Waals surface area contributed by atoms with Crippen molar-refractivity contribution in [2.75, 3.05) is 19.9 Å². The number of ether oxygens (including phenoxy) is 3. The number of alkyl halides is 3. The fourth-order valence-electron chi connectivity index (χ4n) is 2.38. The molecule has 1 amide bonds. The molecule has 2 unspecified atom stereocenters. The third-order valence-electron chi connectivity index (χ3n) is 3.56. The molecular formula is C14H16F3N3O4. The van der Waals surface area contributed by atoms with E-state index >= 15 is 0 Å². The molecule has 0 radical (unpaired) electrons. The summed E-state index contributed by atoms with van der Waals surface area (Å²) < 4.78 is 52.3. The van der Waals surface area contributed by atoms with Gasteiger partial charge in [0.25, 0.3) is 0 Å². The molecule has 1 aromatic rings. The van der Waals surface area contributed by atoms with E-state index in [1.54, 1.807) is 18.2 Å². The molecule has 0 saturated carbocycles. The number of carbonyl (C=O) groups excluding carboxylic acids is 1. The Kier molecular flexibility index (Phi) is 4.67. The third-order valence-corrected chi connectivity index (χ3v) is 3.56. The molecule has 7 nitrogen and oxygen atoms in total. The van der Waals surface area contributed by atoms with Gasteiger partial charge in [-0.25, -0.2) is 5.43 Å². The smallest absolute Gasteiger partial charge is 0.405 e. The quantitative estimate of drug-likeness (QED) is 0.728. The van der Waals surface area contributed by atoms with Crippen molar-refractivity contribution in [3.05, 3.63) is 18.2 Å². The molecule has 0 aliphatic carbocycles. The number of hydrogen-bond donors (Lipinski definition) is 3. The van der Waals surface area contributed by atoms with Crippen LogP contribution in [0.5, 0.6) is 17.2 Å². The summed E-state index contributed by atoms with van der Waals surface area (Å²) in [6, 6.07) is 4.20. The largest absolute Gasteiger partial charge is 0.492 e. The van der Waals surface area contributed by atoms with Crippen LogP contribution in [0.2, 0.25) is 0 Å². The molecule has 0 spiro atoms. The van der Waals surface area contributed by atoms with Crippen LogP contribution in [0.3, 0.4) is 0 Å². The molecule has 2 aliphatic rings. The van der Waals surface area contributed by atoms with Gasteiger partial charge in [-0.2, -0.15) is 13.2 Å². The molecule has 0 aromatic heterocycles. The number of benzene rings is 1. The van der Waals surface area contributed by atoms with Crippen molar-refractivity contribution >= 4 is 5.91 Å². The average Bonchev–Trinajstić information content (AvgIpc) is 3.18. The number of nitrogens with one attached hydrogen (secondary N) is 3. The van der Waals surface area contributed by atoms with Crippen LogP contribution in [0.25, 0.3) is 0 Å². The second-order valence-electron chi connectivity index (χ2n) is 5.43. The Balaban J connectivity index is 1.44. The van der Waals surface area contributed by atoms with Crippen LogP contribution in [0, 0.1) is 0 Å². The molecule has 10 heteroatoms.